The van der Waals surface area contributed by atoms with E-state index in [0.29, 0.717) is 6.04 Å². The number of hydrogen-bond donors (Lipinski definition) is 1. The second-order valence-corrected chi connectivity index (χ2v) is 4.66. The quantitative estimate of drug-likeness (QED) is 0.863. The van der Waals surface area contributed by atoms with Crippen molar-refractivity contribution in [2.24, 2.45) is 0 Å². The van der Waals surface area contributed by atoms with Gasteiger partial charge in [0.05, 0.1) is 0 Å². The molecule has 1 aliphatic rings. The smallest absolute Gasteiger partial charge is 0.130 e. The monoisotopic (exact) mass is 239 g/mol. The second-order valence-electron chi connectivity index (χ2n) is 4.66. The van der Waals surface area contributed by atoms with Crippen molar-refractivity contribution in [3.05, 3.63) is 59.7 Å². The zero-order valence-electron chi connectivity index (χ0n) is 10.5. The summed E-state index contributed by atoms with van der Waals surface area (Å²) >= 11 is 0. The fourth-order valence-corrected chi connectivity index (χ4v) is 2.49. The normalized spacial score (nSPS) is 18.2. The molecule has 92 valence electrons. The highest BCUT2D eigenvalue weighted by Gasteiger charge is 2.18. The molecule has 0 bridgehead atoms. The van der Waals surface area contributed by atoms with Crippen LogP contribution in [0.2, 0.25) is 0 Å². The van der Waals surface area contributed by atoms with Crippen LogP contribution in [0.25, 0.3) is 0 Å². The van der Waals surface area contributed by atoms with Crippen LogP contribution in [0.5, 0.6) is 11.5 Å². The fourth-order valence-electron chi connectivity index (χ4n) is 2.49. The first kappa shape index (κ1) is 11.3. The predicted molar refractivity (Wildman–Crippen MR) is 73.1 cm³/mol. The second kappa shape index (κ2) is 4.83. The van der Waals surface area contributed by atoms with Gasteiger partial charge in [0, 0.05) is 11.6 Å². The Morgan fingerprint density at radius 2 is 1.89 bits per heavy atom. The standard InChI is InChI=1S/C16H17NO/c1-12-14-8-5-9-16(15(14)10-11-17-12)18-13-6-3-2-4-7-13/h2-9,12,17H,10-11H2,1H3. The van der Waals surface area contributed by atoms with Crippen LogP contribution in [0.1, 0.15) is 24.1 Å². The maximum atomic E-state index is 6.00. The van der Waals surface area contributed by atoms with Gasteiger partial charge < -0.3 is 10.1 Å². The molecule has 1 N–H and O–H groups in total. The van der Waals surface area contributed by atoms with Crippen molar-refractivity contribution in [1.82, 2.24) is 5.32 Å². The van der Waals surface area contributed by atoms with Gasteiger partial charge in [-0.3, -0.25) is 0 Å². The van der Waals surface area contributed by atoms with E-state index in [2.05, 4.69) is 30.4 Å². The van der Waals surface area contributed by atoms with E-state index in [-0.39, 0.29) is 0 Å². The Morgan fingerprint density at radius 3 is 2.72 bits per heavy atom. The Bertz CT molecular complexity index is 536. The molecule has 0 saturated carbocycles. The van der Waals surface area contributed by atoms with Gasteiger partial charge in [-0.2, -0.15) is 0 Å². The van der Waals surface area contributed by atoms with Gasteiger partial charge >= 0.3 is 0 Å². The van der Waals surface area contributed by atoms with E-state index in [1.54, 1.807) is 0 Å². The van der Waals surface area contributed by atoms with Gasteiger partial charge in [-0.15, -0.1) is 0 Å². The summed E-state index contributed by atoms with van der Waals surface area (Å²) in [5.41, 5.74) is 2.70. The third-order valence-corrected chi connectivity index (χ3v) is 3.43. The molecule has 0 spiro atoms. The topological polar surface area (TPSA) is 21.3 Å². The summed E-state index contributed by atoms with van der Waals surface area (Å²) in [7, 11) is 0. The number of fused-ring (bicyclic) bond motifs is 1. The lowest BCUT2D eigenvalue weighted by atomic mass is 9.94. The van der Waals surface area contributed by atoms with Crippen molar-refractivity contribution in [2.75, 3.05) is 6.54 Å². The summed E-state index contributed by atoms with van der Waals surface area (Å²) in [4.78, 5) is 0. The Morgan fingerprint density at radius 1 is 1.06 bits per heavy atom. The van der Waals surface area contributed by atoms with Crippen molar-refractivity contribution >= 4 is 0 Å². The maximum absolute atomic E-state index is 6.00. The number of hydrogen-bond acceptors (Lipinski definition) is 2. The molecule has 2 aromatic carbocycles. The highest BCUT2D eigenvalue weighted by atomic mass is 16.5. The minimum absolute atomic E-state index is 0.410. The molecule has 0 aromatic heterocycles. The lowest BCUT2D eigenvalue weighted by molar-refractivity contribution is 0.460. The van der Waals surface area contributed by atoms with E-state index >= 15 is 0 Å². The van der Waals surface area contributed by atoms with Gasteiger partial charge in [0.25, 0.3) is 0 Å². The van der Waals surface area contributed by atoms with E-state index in [1.165, 1.54) is 11.1 Å². The first-order valence-electron chi connectivity index (χ1n) is 6.42. The molecule has 1 atom stereocenters. The largest absolute Gasteiger partial charge is 0.457 e. The molecule has 1 aliphatic heterocycles. The first-order valence-corrected chi connectivity index (χ1v) is 6.42. The molecule has 2 heteroatoms. The van der Waals surface area contributed by atoms with Gasteiger partial charge in [-0.05, 0) is 43.7 Å². The number of ether oxygens (including phenoxy) is 1. The number of rotatable bonds is 2. The van der Waals surface area contributed by atoms with Gasteiger partial charge in [-0.1, -0.05) is 30.3 Å². The highest BCUT2D eigenvalue weighted by molar-refractivity contribution is 5.45. The molecular weight excluding hydrogens is 222 g/mol. The Kier molecular flexibility index (Phi) is 3.03. The van der Waals surface area contributed by atoms with Gasteiger partial charge in [0.1, 0.15) is 11.5 Å². The average Bonchev–Trinajstić information content (AvgIpc) is 2.41. The molecule has 18 heavy (non-hydrogen) atoms. The van der Waals surface area contributed by atoms with Crippen molar-refractivity contribution in [1.29, 1.82) is 0 Å². The SMILES string of the molecule is CC1NCCc2c(Oc3ccccc3)cccc21. The summed E-state index contributed by atoms with van der Waals surface area (Å²) in [5, 5.41) is 3.47. The first-order chi connectivity index (χ1) is 8.84. The third-order valence-electron chi connectivity index (χ3n) is 3.43. The summed E-state index contributed by atoms with van der Waals surface area (Å²) < 4.78 is 6.00. The van der Waals surface area contributed by atoms with Crippen molar-refractivity contribution < 1.29 is 4.74 Å². The Labute approximate surface area is 108 Å². The molecule has 1 heterocycles. The molecule has 1 unspecified atom stereocenters. The molecule has 0 saturated heterocycles. The van der Waals surface area contributed by atoms with Gasteiger partial charge in [0.2, 0.25) is 0 Å². The summed E-state index contributed by atoms with van der Waals surface area (Å²) in [6, 6.07) is 16.7. The van der Waals surface area contributed by atoms with Crippen LogP contribution in [-0.4, -0.2) is 6.54 Å². The number of nitrogens with one attached hydrogen (secondary N) is 1. The lowest BCUT2D eigenvalue weighted by Crippen LogP contribution is -2.27. The Balaban J connectivity index is 1.96. The van der Waals surface area contributed by atoms with E-state index < -0.39 is 0 Å². The lowest BCUT2D eigenvalue weighted by Gasteiger charge is -2.25. The predicted octanol–water partition coefficient (Wildman–Crippen LogP) is 3.69. The minimum atomic E-state index is 0.410. The fraction of sp³-hybridized carbons (Fsp3) is 0.250. The van der Waals surface area contributed by atoms with E-state index in [9.17, 15) is 0 Å². The third kappa shape index (κ3) is 2.12. The van der Waals surface area contributed by atoms with Crippen LogP contribution < -0.4 is 10.1 Å². The van der Waals surface area contributed by atoms with Crippen molar-refractivity contribution in [3.63, 3.8) is 0 Å². The summed E-state index contributed by atoms with van der Waals surface area (Å²) in [5.74, 6) is 1.89. The van der Waals surface area contributed by atoms with Crippen LogP contribution >= 0.6 is 0 Å². The zero-order chi connectivity index (χ0) is 12.4. The minimum Gasteiger partial charge on any atom is -0.457 e. The summed E-state index contributed by atoms with van der Waals surface area (Å²) in [6.45, 7) is 3.22. The van der Waals surface area contributed by atoms with Crippen LogP contribution in [0.4, 0.5) is 0 Å². The van der Waals surface area contributed by atoms with Crippen molar-refractivity contribution in [2.45, 2.75) is 19.4 Å². The maximum Gasteiger partial charge on any atom is 0.130 e. The molecule has 0 aliphatic carbocycles. The Hall–Kier alpha value is -1.80. The van der Waals surface area contributed by atoms with Gasteiger partial charge in [-0.25, -0.2) is 0 Å². The molecule has 0 radical (unpaired) electrons. The van der Waals surface area contributed by atoms with Crippen molar-refractivity contribution in [3.8, 4) is 11.5 Å². The molecule has 3 rings (SSSR count). The van der Waals surface area contributed by atoms with E-state index in [4.69, 9.17) is 4.74 Å². The van der Waals surface area contributed by atoms with Crippen LogP contribution in [-0.2, 0) is 6.42 Å². The molecule has 2 nitrogen and oxygen atoms in total. The van der Waals surface area contributed by atoms with E-state index in [0.717, 1.165) is 24.5 Å². The van der Waals surface area contributed by atoms with Gasteiger partial charge in [0.15, 0.2) is 0 Å². The highest BCUT2D eigenvalue weighted by Crippen LogP contribution is 2.32. The number of para-hydroxylation sites is 1. The molecule has 0 amide bonds. The molecular formula is C16H17NO. The van der Waals surface area contributed by atoms with Crippen LogP contribution in [0.3, 0.4) is 0 Å². The zero-order valence-corrected chi connectivity index (χ0v) is 10.5. The number of benzene rings is 2. The molecule has 0 fully saturated rings. The average molecular weight is 239 g/mol. The summed E-state index contributed by atoms with van der Waals surface area (Å²) in [6.07, 6.45) is 1.03. The van der Waals surface area contributed by atoms with Crippen LogP contribution in [0, 0.1) is 0 Å². The molecule has 2 aromatic rings. The van der Waals surface area contributed by atoms with E-state index in [1.807, 2.05) is 30.3 Å². The van der Waals surface area contributed by atoms with Crippen LogP contribution in [0.15, 0.2) is 48.5 Å².